The minimum absolute atomic E-state index is 0.0731. The topological polar surface area (TPSA) is 51.5 Å². The maximum absolute atomic E-state index is 12.9. The van der Waals surface area contributed by atoms with Gasteiger partial charge in [-0.05, 0) is 29.8 Å². The summed E-state index contributed by atoms with van der Waals surface area (Å²) in [5.74, 6) is 2.10. The standard InChI is InChI=1S/C20H19NO3S/c1-23-17-10-5-9-16(13-17)21-20(22)19(15-7-3-2-4-8-15)25-14-18-11-6-12-24-18/h2-13,19H,14H2,1H3,(H,21,22)/t19-/m1/s1. The molecule has 3 aromatic rings. The van der Waals surface area contributed by atoms with Gasteiger partial charge in [-0.15, -0.1) is 11.8 Å². The van der Waals surface area contributed by atoms with Crippen LogP contribution in [0.5, 0.6) is 5.75 Å². The van der Waals surface area contributed by atoms with Crippen molar-refractivity contribution in [3.05, 3.63) is 84.3 Å². The first kappa shape index (κ1) is 17.2. The molecular formula is C20H19NO3S. The van der Waals surface area contributed by atoms with Gasteiger partial charge in [-0.25, -0.2) is 0 Å². The summed E-state index contributed by atoms with van der Waals surface area (Å²) in [6.07, 6.45) is 1.64. The van der Waals surface area contributed by atoms with E-state index in [1.54, 1.807) is 19.4 Å². The molecule has 1 heterocycles. The van der Waals surface area contributed by atoms with E-state index in [4.69, 9.17) is 9.15 Å². The van der Waals surface area contributed by atoms with Crippen LogP contribution in [0.15, 0.2) is 77.4 Å². The number of furan rings is 1. The SMILES string of the molecule is COc1cccc(NC(=O)[C@H](SCc2ccco2)c2ccccc2)c1. The number of methoxy groups -OCH3 is 1. The summed E-state index contributed by atoms with van der Waals surface area (Å²) in [6.45, 7) is 0. The first-order valence-electron chi connectivity index (χ1n) is 7.90. The van der Waals surface area contributed by atoms with Gasteiger partial charge in [0.2, 0.25) is 5.91 Å². The lowest BCUT2D eigenvalue weighted by molar-refractivity contribution is -0.115. The van der Waals surface area contributed by atoms with E-state index in [0.717, 1.165) is 11.3 Å². The Hall–Kier alpha value is -2.66. The van der Waals surface area contributed by atoms with E-state index < -0.39 is 0 Å². The van der Waals surface area contributed by atoms with Crippen LogP contribution in [0.1, 0.15) is 16.6 Å². The molecule has 3 rings (SSSR count). The van der Waals surface area contributed by atoms with Gasteiger partial charge in [0.25, 0.3) is 0 Å². The summed E-state index contributed by atoms with van der Waals surface area (Å²) >= 11 is 1.53. The van der Waals surface area contributed by atoms with E-state index in [-0.39, 0.29) is 11.2 Å². The molecule has 4 nitrogen and oxygen atoms in total. The third-order valence-corrected chi connectivity index (χ3v) is 4.92. The molecule has 0 saturated heterocycles. The monoisotopic (exact) mass is 353 g/mol. The summed E-state index contributed by atoms with van der Waals surface area (Å²) in [4.78, 5) is 12.9. The summed E-state index contributed by atoms with van der Waals surface area (Å²) < 4.78 is 10.6. The van der Waals surface area contributed by atoms with Gasteiger partial charge >= 0.3 is 0 Å². The molecule has 1 amide bonds. The Kier molecular flexibility index (Phi) is 5.80. The number of hydrogen-bond donors (Lipinski definition) is 1. The van der Waals surface area contributed by atoms with Gasteiger partial charge in [0.15, 0.2) is 0 Å². The average Bonchev–Trinajstić information content (AvgIpc) is 3.16. The van der Waals surface area contributed by atoms with Gasteiger partial charge in [0.05, 0.1) is 19.1 Å². The van der Waals surface area contributed by atoms with Crippen LogP contribution in [-0.4, -0.2) is 13.0 Å². The Morgan fingerprint density at radius 1 is 1.12 bits per heavy atom. The van der Waals surface area contributed by atoms with Gasteiger partial charge in [-0.2, -0.15) is 0 Å². The highest BCUT2D eigenvalue weighted by Gasteiger charge is 2.22. The average molecular weight is 353 g/mol. The number of carbonyl (C=O) groups excluding carboxylic acids is 1. The lowest BCUT2D eigenvalue weighted by Gasteiger charge is -2.17. The molecule has 0 fully saturated rings. The molecule has 0 radical (unpaired) electrons. The number of rotatable bonds is 7. The summed E-state index contributed by atoms with van der Waals surface area (Å²) in [6, 6.07) is 20.9. The number of anilines is 1. The van der Waals surface area contributed by atoms with E-state index in [2.05, 4.69) is 5.32 Å². The Balaban J connectivity index is 1.76. The smallest absolute Gasteiger partial charge is 0.242 e. The van der Waals surface area contributed by atoms with Crippen molar-refractivity contribution in [2.24, 2.45) is 0 Å². The van der Waals surface area contributed by atoms with Crippen LogP contribution in [0.2, 0.25) is 0 Å². The molecule has 0 saturated carbocycles. The second-order valence-corrected chi connectivity index (χ2v) is 6.50. The van der Waals surface area contributed by atoms with Crippen LogP contribution in [0, 0.1) is 0 Å². The predicted octanol–water partition coefficient (Wildman–Crippen LogP) is 4.90. The van der Waals surface area contributed by atoms with Crippen molar-refractivity contribution in [1.82, 2.24) is 0 Å². The van der Waals surface area contributed by atoms with Crippen molar-refractivity contribution in [2.75, 3.05) is 12.4 Å². The molecule has 0 aliphatic heterocycles. The minimum Gasteiger partial charge on any atom is -0.497 e. The zero-order valence-electron chi connectivity index (χ0n) is 13.8. The maximum Gasteiger partial charge on any atom is 0.242 e. The Labute approximate surface area is 151 Å². The van der Waals surface area contributed by atoms with Crippen molar-refractivity contribution in [3.8, 4) is 5.75 Å². The third kappa shape index (κ3) is 4.67. The Morgan fingerprint density at radius 3 is 2.68 bits per heavy atom. The summed E-state index contributed by atoms with van der Waals surface area (Å²) in [5.41, 5.74) is 1.67. The molecule has 0 spiro atoms. The molecule has 1 atom stereocenters. The van der Waals surface area contributed by atoms with Crippen LogP contribution >= 0.6 is 11.8 Å². The van der Waals surface area contributed by atoms with Crippen molar-refractivity contribution in [1.29, 1.82) is 0 Å². The fourth-order valence-corrected chi connectivity index (χ4v) is 3.48. The van der Waals surface area contributed by atoms with Gasteiger partial charge in [-0.3, -0.25) is 4.79 Å². The number of carbonyl (C=O) groups is 1. The van der Waals surface area contributed by atoms with Gasteiger partial charge in [-0.1, -0.05) is 36.4 Å². The van der Waals surface area contributed by atoms with Crippen molar-refractivity contribution in [3.63, 3.8) is 0 Å². The molecule has 0 aliphatic rings. The predicted molar refractivity (Wildman–Crippen MR) is 101 cm³/mol. The minimum atomic E-state index is -0.336. The highest BCUT2D eigenvalue weighted by Crippen LogP contribution is 2.33. The fourth-order valence-electron chi connectivity index (χ4n) is 2.42. The normalized spacial score (nSPS) is 11.7. The van der Waals surface area contributed by atoms with Crippen molar-refractivity contribution >= 4 is 23.4 Å². The van der Waals surface area contributed by atoms with E-state index in [1.165, 1.54) is 11.8 Å². The highest BCUT2D eigenvalue weighted by atomic mass is 32.2. The summed E-state index contributed by atoms with van der Waals surface area (Å²) in [7, 11) is 1.60. The van der Waals surface area contributed by atoms with Crippen LogP contribution in [0.3, 0.4) is 0 Å². The quantitative estimate of drug-likeness (QED) is 0.656. The zero-order chi connectivity index (χ0) is 17.5. The molecule has 1 aromatic heterocycles. The van der Waals surface area contributed by atoms with Crippen molar-refractivity contribution < 1.29 is 13.9 Å². The molecule has 2 aromatic carbocycles. The van der Waals surface area contributed by atoms with Gasteiger partial charge < -0.3 is 14.5 Å². The van der Waals surface area contributed by atoms with Crippen LogP contribution < -0.4 is 10.1 Å². The second-order valence-electron chi connectivity index (χ2n) is 5.40. The van der Waals surface area contributed by atoms with E-state index in [0.29, 0.717) is 17.2 Å². The lowest BCUT2D eigenvalue weighted by atomic mass is 10.1. The first-order chi connectivity index (χ1) is 12.3. The van der Waals surface area contributed by atoms with Crippen LogP contribution in [-0.2, 0) is 10.5 Å². The fraction of sp³-hybridized carbons (Fsp3) is 0.150. The van der Waals surface area contributed by atoms with Crippen LogP contribution in [0.25, 0.3) is 0 Å². The molecule has 25 heavy (non-hydrogen) atoms. The molecule has 128 valence electrons. The Morgan fingerprint density at radius 2 is 1.96 bits per heavy atom. The van der Waals surface area contributed by atoms with E-state index in [1.807, 2.05) is 60.7 Å². The zero-order valence-corrected chi connectivity index (χ0v) is 14.7. The summed E-state index contributed by atoms with van der Waals surface area (Å²) in [5, 5.41) is 2.64. The third-order valence-electron chi connectivity index (χ3n) is 3.65. The number of amides is 1. The highest BCUT2D eigenvalue weighted by molar-refractivity contribution is 7.99. The lowest BCUT2D eigenvalue weighted by Crippen LogP contribution is -2.19. The maximum atomic E-state index is 12.9. The second kappa shape index (κ2) is 8.44. The molecular weight excluding hydrogens is 334 g/mol. The number of benzene rings is 2. The molecule has 5 heteroatoms. The number of ether oxygens (including phenoxy) is 1. The molecule has 0 bridgehead atoms. The molecule has 0 aliphatic carbocycles. The number of thioether (sulfide) groups is 1. The van der Waals surface area contributed by atoms with Gasteiger partial charge in [0.1, 0.15) is 16.8 Å². The van der Waals surface area contributed by atoms with Crippen LogP contribution in [0.4, 0.5) is 5.69 Å². The van der Waals surface area contributed by atoms with E-state index in [9.17, 15) is 4.79 Å². The van der Waals surface area contributed by atoms with Crippen molar-refractivity contribution in [2.45, 2.75) is 11.0 Å². The van der Waals surface area contributed by atoms with Gasteiger partial charge in [0, 0.05) is 11.8 Å². The van der Waals surface area contributed by atoms with E-state index >= 15 is 0 Å². The largest absolute Gasteiger partial charge is 0.497 e. The first-order valence-corrected chi connectivity index (χ1v) is 8.95. The molecule has 1 N–H and O–H groups in total. The number of hydrogen-bond acceptors (Lipinski definition) is 4. The number of nitrogens with one attached hydrogen (secondary N) is 1. The Bertz CT molecular complexity index is 803. The molecule has 0 unspecified atom stereocenters.